The minimum Gasteiger partial charge on any atom is -0.201 e. The van der Waals surface area contributed by atoms with Crippen LogP contribution in [0.25, 0.3) is 22.4 Å². The van der Waals surface area contributed by atoms with Gasteiger partial charge in [0, 0.05) is 17.7 Å². The zero-order valence-electron chi connectivity index (χ0n) is 27.8. The minimum atomic E-state index is -1.58. The number of aryl methyl sites for hydroxylation is 2. The summed E-state index contributed by atoms with van der Waals surface area (Å²) in [7, 11) is -3.93. The smallest absolute Gasteiger partial charge is 0.201 e. The van der Waals surface area contributed by atoms with Crippen molar-refractivity contribution in [1.82, 2.24) is 0 Å². The fourth-order valence-electron chi connectivity index (χ4n) is 7.57. The van der Waals surface area contributed by atoms with E-state index in [0.717, 1.165) is 0 Å². The minimum absolute atomic E-state index is 0.129. The molecule has 0 bridgehead atoms. The van der Waals surface area contributed by atoms with Crippen molar-refractivity contribution in [2.75, 3.05) is 0 Å². The second-order valence-electron chi connectivity index (χ2n) is 16.8. The Kier molecular flexibility index (Phi) is 7.10. The van der Waals surface area contributed by atoms with Crippen molar-refractivity contribution in [1.29, 1.82) is 0 Å². The molecule has 2 aromatic carbocycles. The molecule has 5 rings (SSSR count). The molecule has 214 valence electrons. The van der Waals surface area contributed by atoms with E-state index in [0.29, 0.717) is 0 Å². The van der Waals surface area contributed by atoms with Crippen LogP contribution in [0.2, 0.25) is 76.6 Å². The Bertz CT molecular complexity index is 1450. The quantitative estimate of drug-likeness (QED) is 0.217. The maximum Gasteiger partial charge on any atom is 0.212 e. The van der Waals surface area contributed by atoms with Gasteiger partial charge in [-0.15, -0.1) is 0 Å². The van der Waals surface area contributed by atoms with Gasteiger partial charge in [0.05, 0.1) is 32.3 Å². The third kappa shape index (κ3) is 4.93. The maximum atomic E-state index is 2.86. The Labute approximate surface area is 249 Å². The molecule has 2 aliphatic rings. The van der Waals surface area contributed by atoms with Gasteiger partial charge in [0.15, 0.2) is 6.20 Å². The highest BCUT2D eigenvalue weighted by atomic mass is 28.3. The van der Waals surface area contributed by atoms with Crippen LogP contribution in [-0.2, 0) is 12.5 Å². The van der Waals surface area contributed by atoms with Crippen molar-refractivity contribution >= 4 is 53.0 Å². The zero-order chi connectivity index (χ0) is 29.6. The summed E-state index contributed by atoms with van der Waals surface area (Å²) in [5.41, 5.74) is 8.89. The number of pyridine rings is 1. The standard InChI is InChI=1S/C35H54NSi4/c1-25-14-15-26(22-28(25)29-23-27(35(2,3)4)16-17-36(29)5)32-33-30(37(6,7)18-20-39(33,10)11)24-31-34(32)40(12,13)21-19-38(31,8)9/h14-17,22-24H,18-21H2,1-13H3/q+1. The molecule has 2 aliphatic heterocycles. The number of hydrogen-bond acceptors (Lipinski definition) is 0. The Morgan fingerprint density at radius 1 is 0.650 bits per heavy atom. The summed E-state index contributed by atoms with van der Waals surface area (Å²) >= 11 is 0. The van der Waals surface area contributed by atoms with Crippen LogP contribution >= 0.6 is 0 Å². The van der Waals surface area contributed by atoms with E-state index < -0.39 is 32.3 Å². The van der Waals surface area contributed by atoms with Gasteiger partial charge in [-0.25, -0.2) is 4.57 Å². The van der Waals surface area contributed by atoms with Crippen molar-refractivity contribution in [3.63, 3.8) is 0 Å². The SMILES string of the molecule is Cc1ccc(-c2c3c(cc4c2[Si](C)(C)CC[Si]4(C)C)[Si](C)(C)CC[Si]3(C)C)cc1-c1cc(C(C)(C)C)cc[n+]1C. The molecule has 0 atom stereocenters. The third-order valence-corrected chi connectivity index (χ3v) is 25.7. The Morgan fingerprint density at radius 2 is 1.15 bits per heavy atom. The Morgan fingerprint density at radius 3 is 1.65 bits per heavy atom. The molecule has 3 aromatic rings. The number of fused-ring (bicyclic) bond motifs is 2. The van der Waals surface area contributed by atoms with E-state index in [2.05, 4.69) is 134 Å². The van der Waals surface area contributed by atoms with Crippen LogP contribution in [0, 0.1) is 6.92 Å². The first-order chi connectivity index (χ1) is 18.3. The lowest BCUT2D eigenvalue weighted by Crippen LogP contribution is -2.72. The molecule has 5 heteroatoms. The number of aromatic nitrogens is 1. The molecule has 0 unspecified atom stereocenters. The lowest BCUT2D eigenvalue weighted by molar-refractivity contribution is -0.660. The van der Waals surface area contributed by atoms with Gasteiger partial charge in [0.25, 0.3) is 0 Å². The molecule has 1 nitrogen and oxygen atoms in total. The van der Waals surface area contributed by atoms with Crippen LogP contribution in [0.4, 0.5) is 0 Å². The fraction of sp³-hybridized carbons (Fsp3) is 0.514. The molecule has 0 fully saturated rings. The highest BCUT2D eigenvalue weighted by Crippen LogP contribution is 2.36. The monoisotopic (exact) mass is 600 g/mol. The molecular formula is C35H54NSi4+. The van der Waals surface area contributed by atoms with Gasteiger partial charge >= 0.3 is 0 Å². The molecule has 0 saturated carbocycles. The molecule has 0 amide bonds. The summed E-state index contributed by atoms with van der Waals surface area (Å²) < 4.78 is 2.33. The number of rotatable bonds is 2. The van der Waals surface area contributed by atoms with Crippen molar-refractivity contribution in [2.24, 2.45) is 7.05 Å². The molecule has 0 radical (unpaired) electrons. The highest BCUT2D eigenvalue weighted by Gasteiger charge is 2.48. The summed E-state index contributed by atoms with van der Waals surface area (Å²) in [5, 5.41) is 7.42. The average molecular weight is 601 g/mol. The van der Waals surface area contributed by atoms with E-state index in [-0.39, 0.29) is 5.41 Å². The molecule has 0 spiro atoms. The van der Waals surface area contributed by atoms with E-state index in [1.165, 1.54) is 52.1 Å². The van der Waals surface area contributed by atoms with Gasteiger partial charge in [-0.2, -0.15) is 0 Å². The first-order valence-corrected chi connectivity index (χ1v) is 28.4. The van der Waals surface area contributed by atoms with Crippen LogP contribution < -0.4 is 25.3 Å². The lowest BCUT2D eigenvalue weighted by Gasteiger charge is -2.48. The van der Waals surface area contributed by atoms with Crippen LogP contribution in [0.1, 0.15) is 31.9 Å². The topological polar surface area (TPSA) is 3.88 Å². The van der Waals surface area contributed by atoms with E-state index in [1.807, 2.05) is 20.7 Å². The van der Waals surface area contributed by atoms with Gasteiger partial charge in [0.1, 0.15) is 7.05 Å². The molecule has 1 aromatic heterocycles. The normalized spacial score (nSPS) is 20.5. The number of benzene rings is 2. The van der Waals surface area contributed by atoms with Crippen LogP contribution in [-0.4, -0.2) is 32.3 Å². The molecule has 0 aliphatic carbocycles. The second-order valence-corrected chi connectivity index (χ2v) is 36.0. The molecule has 0 saturated heterocycles. The highest BCUT2D eigenvalue weighted by molar-refractivity contribution is 7.08. The molecule has 0 N–H and O–H groups in total. The second kappa shape index (κ2) is 9.48. The van der Waals surface area contributed by atoms with Gasteiger partial charge < -0.3 is 0 Å². The van der Waals surface area contributed by atoms with E-state index in [4.69, 9.17) is 0 Å². The molecular weight excluding hydrogens is 547 g/mol. The molecule has 3 heterocycles. The van der Waals surface area contributed by atoms with Gasteiger partial charge in [0.2, 0.25) is 5.69 Å². The Hall–Kier alpha value is -1.54. The zero-order valence-corrected chi connectivity index (χ0v) is 31.8. The van der Waals surface area contributed by atoms with Gasteiger partial charge in [-0.05, 0) is 40.7 Å². The first-order valence-electron chi connectivity index (χ1n) is 15.6. The average Bonchev–Trinajstić information content (AvgIpc) is 2.84. The summed E-state index contributed by atoms with van der Waals surface area (Å²) in [6.45, 7) is 30.7. The van der Waals surface area contributed by atoms with Crippen molar-refractivity contribution in [2.45, 2.75) is 110 Å². The summed E-state index contributed by atoms with van der Waals surface area (Å²) in [4.78, 5) is 0. The van der Waals surface area contributed by atoms with Crippen LogP contribution in [0.15, 0.2) is 42.6 Å². The maximum absolute atomic E-state index is 2.86. The third-order valence-electron chi connectivity index (χ3n) is 10.7. The van der Waals surface area contributed by atoms with Crippen LogP contribution in [0.5, 0.6) is 0 Å². The first kappa shape index (κ1) is 29.9. The Balaban J connectivity index is 1.90. The van der Waals surface area contributed by atoms with Gasteiger partial charge in [-0.1, -0.05) is 136 Å². The summed E-state index contributed by atoms with van der Waals surface area (Å²) in [6.07, 6.45) is 2.27. The van der Waals surface area contributed by atoms with E-state index >= 15 is 0 Å². The summed E-state index contributed by atoms with van der Waals surface area (Å²) in [5.74, 6) is 0. The molecule has 40 heavy (non-hydrogen) atoms. The number of nitrogens with zero attached hydrogens (tertiary/aromatic N) is 1. The predicted octanol–water partition coefficient (Wildman–Crippen LogP) is 7.14. The van der Waals surface area contributed by atoms with Crippen LogP contribution in [0.3, 0.4) is 0 Å². The fourth-order valence-corrected chi connectivity index (χ4v) is 29.1. The predicted molar refractivity (Wildman–Crippen MR) is 190 cm³/mol. The van der Waals surface area contributed by atoms with Crippen molar-refractivity contribution in [3.8, 4) is 22.4 Å². The van der Waals surface area contributed by atoms with E-state index in [9.17, 15) is 0 Å². The van der Waals surface area contributed by atoms with E-state index in [1.54, 1.807) is 5.56 Å². The largest absolute Gasteiger partial charge is 0.212 e. The van der Waals surface area contributed by atoms with Crippen molar-refractivity contribution < 1.29 is 4.57 Å². The lowest BCUT2D eigenvalue weighted by atomic mass is 9.86. The number of hydrogen-bond donors (Lipinski definition) is 0. The summed E-state index contributed by atoms with van der Waals surface area (Å²) in [6, 6.07) is 21.0. The van der Waals surface area contributed by atoms with Crippen molar-refractivity contribution in [3.05, 3.63) is 53.7 Å². The van der Waals surface area contributed by atoms with Gasteiger partial charge in [-0.3, -0.25) is 0 Å².